The van der Waals surface area contributed by atoms with Crippen LogP contribution in [0.2, 0.25) is 0 Å². The van der Waals surface area contributed by atoms with Crippen LogP contribution in [0.25, 0.3) is 0 Å². The van der Waals surface area contributed by atoms with Crippen LogP contribution in [0.5, 0.6) is 5.75 Å². The molecule has 0 spiro atoms. The molecule has 0 saturated carbocycles. The van der Waals surface area contributed by atoms with E-state index in [9.17, 15) is 31.2 Å². The van der Waals surface area contributed by atoms with E-state index in [4.69, 9.17) is 4.74 Å². The predicted molar refractivity (Wildman–Crippen MR) is 124 cm³/mol. The molecule has 2 aromatic rings. The standard InChI is InChI=1S/C21H22F3N5O6S/c1-11-5-6-12(7-17(11)29-10-16(26-28-29)20(31)35-3)19(30)25-14-8-13(21(22,23)24)9-15(18(14)34-2)27-36(4,32)33/h5-10,26-28H,1-4H3,(H,25,30). The normalized spacial score (nSPS) is 13.5. The first-order valence-corrected chi connectivity index (χ1v) is 11.9. The Hall–Kier alpha value is -3.98. The topological polar surface area (TPSA) is 138 Å². The fraction of sp³-hybridized carbons (Fsp3) is 0.238. The summed E-state index contributed by atoms with van der Waals surface area (Å²) in [5.41, 5.74) is 4.52. The zero-order chi connectivity index (χ0) is 26.8. The van der Waals surface area contributed by atoms with Crippen molar-refractivity contribution in [1.82, 2.24) is 11.0 Å². The van der Waals surface area contributed by atoms with E-state index >= 15 is 0 Å². The molecule has 0 unspecified atom stereocenters. The summed E-state index contributed by atoms with van der Waals surface area (Å²) in [5, 5.41) is 3.76. The van der Waals surface area contributed by atoms with Crippen LogP contribution in [-0.4, -0.2) is 40.8 Å². The molecule has 1 aliphatic rings. The van der Waals surface area contributed by atoms with E-state index in [1.54, 1.807) is 13.0 Å². The van der Waals surface area contributed by atoms with Crippen molar-refractivity contribution in [2.45, 2.75) is 13.1 Å². The lowest BCUT2D eigenvalue weighted by Gasteiger charge is -2.20. The van der Waals surface area contributed by atoms with Crippen LogP contribution < -0.4 is 30.7 Å². The van der Waals surface area contributed by atoms with Crippen LogP contribution >= 0.6 is 0 Å². The fourth-order valence-electron chi connectivity index (χ4n) is 3.24. The number of methoxy groups -OCH3 is 2. The highest BCUT2D eigenvalue weighted by atomic mass is 32.2. The van der Waals surface area contributed by atoms with Crippen LogP contribution in [0, 0.1) is 6.92 Å². The number of benzene rings is 2. The number of halogens is 3. The average molecular weight is 529 g/mol. The number of rotatable bonds is 7. The van der Waals surface area contributed by atoms with Crippen molar-refractivity contribution in [3.05, 3.63) is 58.9 Å². The van der Waals surface area contributed by atoms with E-state index in [-0.39, 0.29) is 17.0 Å². The van der Waals surface area contributed by atoms with E-state index in [0.717, 1.165) is 13.4 Å². The molecule has 0 fully saturated rings. The van der Waals surface area contributed by atoms with E-state index in [1.165, 1.54) is 30.5 Å². The highest BCUT2D eigenvalue weighted by Crippen LogP contribution is 2.41. The lowest BCUT2D eigenvalue weighted by atomic mass is 10.1. The third-order valence-electron chi connectivity index (χ3n) is 4.87. The SMILES string of the molecule is COC(=O)C1=CN(c2cc(C(=O)Nc3cc(C(F)(F)F)cc(NS(C)(=O)=O)c3OC)ccc2C)NN1. The minimum Gasteiger partial charge on any atom is -0.492 e. The first-order chi connectivity index (χ1) is 16.7. The van der Waals surface area contributed by atoms with Gasteiger partial charge in [-0.3, -0.25) is 20.0 Å². The fourth-order valence-corrected chi connectivity index (χ4v) is 3.79. The summed E-state index contributed by atoms with van der Waals surface area (Å²) in [6.07, 6.45) is -2.68. The van der Waals surface area contributed by atoms with Crippen molar-refractivity contribution in [3.8, 4) is 5.75 Å². The smallest absolute Gasteiger partial charge is 0.416 e. The van der Waals surface area contributed by atoms with Gasteiger partial charge in [0.1, 0.15) is 0 Å². The van der Waals surface area contributed by atoms with Gasteiger partial charge in [0, 0.05) is 5.56 Å². The molecule has 15 heteroatoms. The monoisotopic (exact) mass is 529 g/mol. The van der Waals surface area contributed by atoms with Gasteiger partial charge >= 0.3 is 12.1 Å². The Morgan fingerprint density at radius 2 is 1.75 bits per heavy atom. The van der Waals surface area contributed by atoms with Crippen LogP contribution in [0.3, 0.4) is 0 Å². The second-order valence-corrected chi connectivity index (χ2v) is 9.32. The highest BCUT2D eigenvalue weighted by molar-refractivity contribution is 7.92. The number of amides is 1. The third kappa shape index (κ3) is 5.98. The minimum absolute atomic E-state index is 0.0504. The summed E-state index contributed by atoms with van der Waals surface area (Å²) in [6.45, 7) is 1.74. The average Bonchev–Trinajstić information content (AvgIpc) is 3.27. The Labute approximate surface area is 204 Å². The van der Waals surface area contributed by atoms with Crippen LogP contribution in [0.15, 0.2) is 42.2 Å². The zero-order valence-electron chi connectivity index (χ0n) is 19.4. The maximum absolute atomic E-state index is 13.5. The number of carbonyl (C=O) groups excluding carboxylic acids is 2. The van der Waals surface area contributed by atoms with Gasteiger partial charge in [0.25, 0.3) is 5.91 Å². The maximum atomic E-state index is 13.5. The number of nitrogens with zero attached hydrogens (tertiary/aromatic N) is 1. The molecular weight excluding hydrogens is 507 g/mol. The van der Waals surface area contributed by atoms with E-state index in [2.05, 4.69) is 21.0 Å². The molecule has 0 bridgehead atoms. The van der Waals surface area contributed by atoms with Gasteiger partial charge in [-0.05, 0) is 36.8 Å². The maximum Gasteiger partial charge on any atom is 0.416 e. The van der Waals surface area contributed by atoms with Crippen LogP contribution in [-0.2, 0) is 25.7 Å². The summed E-state index contributed by atoms with van der Waals surface area (Å²) >= 11 is 0. The summed E-state index contributed by atoms with van der Waals surface area (Å²) in [5.74, 6) is -1.75. The number of carbonyl (C=O) groups is 2. The molecule has 2 aromatic carbocycles. The molecule has 1 amide bonds. The Morgan fingerprint density at radius 3 is 2.33 bits per heavy atom. The first-order valence-electron chi connectivity index (χ1n) is 10.0. The van der Waals surface area contributed by atoms with Crippen molar-refractivity contribution in [2.75, 3.05) is 35.5 Å². The Balaban J connectivity index is 1.99. The van der Waals surface area contributed by atoms with Gasteiger partial charge in [0.2, 0.25) is 10.0 Å². The number of esters is 1. The number of nitrogens with one attached hydrogen (secondary N) is 4. The molecule has 36 heavy (non-hydrogen) atoms. The number of hydrogen-bond donors (Lipinski definition) is 4. The molecule has 1 heterocycles. The van der Waals surface area contributed by atoms with E-state index < -0.39 is 45.0 Å². The van der Waals surface area contributed by atoms with Crippen LogP contribution in [0.1, 0.15) is 21.5 Å². The zero-order valence-corrected chi connectivity index (χ0v) is 20.2. The lowest BCUT2D eigenvalue weighted by molar-refractivity contribution is -0.138. The van der Waals surface area contributed by atoms with E-state index in [0.29, 0.717) is 23.4 Å². The lowest BCUT2D eigenvalue weighted by Crippen LogP contribution is -2.37. The predicted octanol–water partition coefficient (Wildman–Crippen LogP) is 2.49. The number of hydrogen-bond acceptors (Lipinski definition) is 9. The number of alkyl halides is 3. The Bertz CT molecular complexity index is 1340. The van der Waals surface area contributed by atoms with Gasteiger partial charge in [0.15, 0.2) is 11.4 Å². The van der Waals surface area contributed by atoms with Crippen molar-refractivity contribution in [2.24, 2.45) is 0 Å². The molecule has 3 rings (SSSR count). The van der Waals surface area contributed by atoms with Crippen molar-refractivity contribution < 1.29 is 40.7 Å². The van der Waals surface area contributed by atoms with Crippen molar-refractivity contribution in [1.29, 1.82) is 0 Å². The molecular formula is C21H22F3N5O6S. The van der Waals surface area contributed by atoms with Crippen molar-refractivity contribution >= 4 is 39.0 Å². The second-order valence-electron chi connectivity index (χ2n) is 7.57. The second kappa shape index (κ2) is 9.94. The number of hydrazine groups is 2. The van der Waals surface area contributed by atoms with E-state index in [1.807, 2.05) is 4.72 Å². The molecule has 0 atom stereocenters. The van der Waals surface area contributed by atoms with Gasteiger partial charge in [-0.2, -0.15) is 13.2 Å². The molecule has 1 aliphatic heterocycles. The summed E-state index contributed by atoms with van der Waals surface area (Å²) in [4.78, 5) is 24.7. The largest absolute Gasteiger partial charge is 0.492 e. The van der Waals surface area contributed by atoms with Gasteiger partial charge in [0.05, 0.1) is 49.3 Å². The van der Waals surface area contributed by atoms with Gasteiger partial charge in [-0.25, -0.2) is 13.2 Å². The van der Waals surface area contributed by atoms with Crippen LogP contribution in [0.4, 0.5) is 30.2 Å². The number of sulfonamides is 1. The molecule has 0 aliphatic carbocycles. The molecule has 11 nitrogen and oxygen atoms in total. The van der Waals surface area contributed by atoms with Gasteiger partial charge in [-0.15, -0.1) is 5.53 Å². The molecule has 0 aromatic heterocycles. The van der Waals surface area contributed by atoms with Gasteiger partial charge < -0.3 is 14.8 Å². The molecule has 0 radical (unpaired) electrons. The summed E-state index contributed by atoms with van der Waals surface area (Å²) in [6, 6.07) is 5.67. The number of ether oxygens (including phenoxy) is 2. The highest BCUT2D eigenvalue weighted by Gasteiger charge is 2.33. The quantitative estimate of drug-likeness (QED) is 0.399. The number of anilines is 3. The summed E-state index contributed by atoms with van der Waals surface area (Å²) in [7, 11) is -1.64. The Kier molecular flexibility index (Phi) is 7.35. The minimum atomic E-state index is -4.84. The van der Waals surface area contributed by atoms with Gasteiger partial charge in [-0.1, -0.05) is 6.07 Å². The molecule has 194 valence electrons. The number of aryl methyl sites for hydroxylation is 1. The Morgan fingerprint density at radius 1 is 1.08 bits per heavy atom. The molecule has 4 N–H and O–H groups in total. The summed E-state index contributed by atoms with van der Waals surface area (Å²) < 4.78 is 75.5. The molecule has 0 saturated heterocycles. The first kappa shape index (κ1) is 26.6. The van der Waals surface area contributed by atoms with Crippen molar-refractivity contribution in [3.63, 3.8) is 0 Å². The third-order valence-corrected chi connectivity index (χ3v) is 5.46.